The van der Waals surface area contributed by atoms with Gasteiger partial charge >= 0.3 is 0 Å². The van der Waals surface area contributed by atoms with E-state index in [4.69, 9.17) is 0 Å². The molecule has 3 rings (SSSR count). The van der Waals surface area contributed by atoms with Crippen LogP contribution in [0.4, 0.5) is 0 Å². The van der Waals surface area contributed by atoms with Crippen LogP contribution in [0.25, 0.3) is 11.3 Å². The lowest BCUT2D eigenvalue weighted by Gasteiger charge is -2.25. The van der Waals surface area contributed by atoms with Crippen LogP contribution in [0.3, 0.4) is 0 Å². The highest BCUT2D eigenvalue weighted by atomic mass is 16.3. The Hall–Kier alpha value is -1.93. The first-order chi connectivity index (χ1) is 11.8. The number of nitrogens with zero attached hydrogens (tertiary/aromatic N) is 1. The van der Waals surface area contributed by atoms with E-state index in [2.05, 4.69) is 48.0 Å². The molecule has 0 unspecified atom stereocenters. The van der Waals surface area contributed by atoms with Gasteiger partial charge in [-0.3, -0.25) is 4.98 Å². The molecule has 1 aliphatic carbocycles. The zero-order valence-electron chi connectivity index (χ0n) is 14.3. The summed E-state index contributed by atoms with van der Waals surface area (Å²) in [6, 6.07) is 13.1. The van der Waals surface area contributed by atoms with Gasteiger partial charge in [-0.2, -0.15) is 0 Å². The van der Waals surface area contributed by atoms with E-state index in [-0.39, 0.29) is 6.10 Å². The van der Waals surface area contributed by atoms with Gasteiger partial charge < -0.3 is 5.11 Å². The number of benzene rings is 1. The zero-order valence-corrected chi connectivity index (χ0v) is 14.3. The van der Waals surface area contributed by atoms with Crippen LogP contribution in [0.2, 0.25) is 0 Å². The summed E-state index contributed by atoms with van der Waals surface area (Å²) >= 11 is 0. The van der Waals surface area contributed by atoms with Crippen LogP contribution < -0.4 is 0 Å². The second-order valence-corrected chi connectivity index (χ2v) is 6.86. The van der Waals surface area contributed by atoms with Crippen molar-refractivity contribution in [3.8, 4) is 11.3 Å². The maximum atomic E-state index is 9.64. The fourth-order valence-corrected chi connectivity index (χ4v) is 3.53. The molecule has 1 aliphatic rings. The second-order valence-electron chi connectivity index (χ2n) is 6.86. The Labute approximate surface area is 145 Å². The summed E-state index contributed by atoms with van der Waals surface area (Å²) in [5, 5.41) is 9.64. The molecule has 0 bridgehead atoms. The smallest absolute Gasteiger partial charge is 0.0702 e. The first kappa shape index (κ1) is 16.9. The first-order valence-corrected chi connectivity index (χ1v) is 9.10. The van der Waals surface area contributed by atoms with E-state index in [1.165, 1.54) is 16.7 Å². The highest BCUT2D eigenvalue weighted by Gasteiger charge is 2.20. The maximum Gasteiger partial charge on any atom is 0.0702 e. The molecule has 0 spiro atoms. The van der Waals surface area contributed by atoms with Crippen molar-refractivity contribution in [3.05, 3.63) is 66.4 Å². The fraction of sp³-hybridized carbons (Fsp3) is 0.409. The van der Waals surface area contributed by atoms with Gasteiger partial charge in [-0.15, -0.1) is 6.58 Å². The third kappa shape index (κ3) is 4.33. The summed E-state index contributed by atoms with van der Waals surface area (Å²) in [7, 11) is 0. The number of unbranched alkanes of at least 4 members (excludes halogenated alkanes) is 1. The molecule has 1 saturated carbocycles. The Balaban J connectivity index is 1.63. The van der Waals surface area contributed by atoms with Gasteiger partial charge in [-0.25, -0.2) is 0 Å². The van der Waals surface area contributed by atoms with Crippen molar-refractivity contribution >= 4 is 0 Å². The molecule has 1 aromatic carbocycles. The van der Waals surface area contributed by atoms with Crippen molar-refractivity contribution in [1.29, 1.82) is 0 Å². The molecule has 24 heavy (non-hydrogen) atoms. The van der Waals surface area contributed by atoms with Crippen molar-refractivity contribution in [2.75, 3.05) is 0 Å². The van der Waals surface area contributed by atoms with Gasteiger partial charge in [0.1, 0.15) is 0 Å². The molecule has 2 heteroatoms. The quantitative estimate of drug-likeness (QED) is 0.580. The van der Waals surface area contributed by atoms with Crippen LogP contribution in [0, 0.1) is 0 Å². The molecule has 0 amide bonds. The molecule has 2 aromatic rings. The minimum Gasteiger partial charge on any atom is -0.393 e. The topological polar surface area (TPSA) is 33.1 Å². The monoisotopic (exact) mass is 321 g/mol. The second kappa shape index (κ2) is 8.25. The fourth-order valence-electron chi connectivity index (χ4n) is 3.53. The van der Waals surface area contributed by atoms with E-state index in [0.29, 0.717) is 5.92 Å². The van der Waals surface area contributed by atoms with Gasteiger partial charge in [-0.1, -0.05) is 36.4 Å². The summed E-state index contributed by atoms with van der Waals surface area (Å²) in [4.78, 5) is 4.62. The molecule has 1 heterocycles. The van der Waals surface area contributed by atoms with Crippen molar-refractivity contribution in [2.24, 2.45) is 0 Å². The van der Waals surface area contributed by atoms with E-state index in [1.807, 2.05) is 12.3 Å². The lowest BCUT2D eigenvalue weighted by molar-refractivity contribution is 0.122. The summed E-state index contributed by atoms with van der Waals surface area (Å²) < 4.78 is 0. The van der Waals surface area contributed by atoms with Crippen molar-refractivity contribution in [3.63, 3.8) is 0 Å². The Kier molecular flexibility index (Phi) is 5.81. The van der Waals surface area contributed by atoms with E-state index in [0.717, 1.165) is 50.6 Å². The number of aryl methyl sites for hydroxylation is 1. The van der Waals surface area contributed by atoms with E-state index < -0.39 is 0 Å². The third-order valence-electron chi connectivity index (χ3n) is 5.07. The molecule has 0 saturated heterocycles. The highest BCUT2D eigenvalue weighted by Crippen LogP contribution is 2.33. The summed E-state index contributed by atoms with van der Waals surface area (Å²) in [5.74, 6) is 0.600. The first-order valence-electron chi connectivity index (χ1n) is 9.10. The van der Waals surface area contributed by atoms with Crippen LogP contribution in [0.1, 0.15) is 55.6 Å². The lowest BCUT2D eigenvalue weighted by Crippen LogP contribution is -2.16. The van der Waals surface area contributed by atoms with E-state index >= 15 is 0 Å². The summed E-state index contributed by atoms with van der Waals surface area (Å²) in [6.07, 6.45) is 11.2. The number of aromatic nitrogens is 1. The van der Waals surface area contributed by atoms with Crippen LogP contribution >= 0.6 is 0 Å². The predicted octanol–water partition coefficient (Wildman–Crippen LogP) is 5.28. The van der Waals surface area contributed by atoms with Crippen LogP contribution in [-0.4, -0.2) is 16.2 Å². The number of allylic oxidation sites excluding steroid dienone is 1. The number of hydrogen-bond donors (Lipinski definition) is 1. The standard InChI is InChI=1S/C22H27NO/c1-2-3-4-5-17-6-15-22(23-16-17)20-9-7-18(8-10-20)19-11-13-21(24)14-12-19/h2,6-10,15-16,19,21,24H,1,3-5,11-14H2/t19-,21-. The third-order valence-corrected chi connectivity index (χ3v) is 5.07. The SMILES string of the molecule is C=CCCCc1ccc(-c2ccc([C@H]3CC[C@H](O)CC3)cc2)nc1. The number of aliphatic hydroxyl groups excluding tert-OH is 1. The van der Waals surface area contributed by atoms with Crippen LogP contribution in [-0.2, 0) is 6.42 Å². The molecule has 2 nitrogen and oxygen atoms in total. The average molecular weight is 321 g/mol. The van der Waals surface area contributed by atoms with E-state index in [9.17, 15) is 5.11 Å². The Bertz CT molecular complexity index is 637. The van der Waals surface area contributed by atoms with Gasteiger partial charge in [-0.05, 0) is 68.1 Å². The average Bonchev–Trinajstić information content (AvgIpc) is 2.63. The molecular formula is C22H27NO. The van der Waals surface area contributed by atoms with Gasteiger partial charge in [0.05, 0.1) is 11.8 Å². The largest absolute Gasteiger partial charge is 0.393 e. The predicted molar refractivity (Wildman–Crippen MR) is 100 cm³/mol. The molecule has 0 aliphatic heterocycles. The molecule has 1 fully saturated rings. The Morgan fingerprint density at radius 1 is 1.04 bits per heavy atom. The lowest BCUT2D eigenvalue weighted by atomic mass is 9.82. The van der Waals surface area contributed by atoms with E-state index in [1.54, 1.807) is 0 Å². The number of pyridine rings is 1. The van der Waals surface area contributed by atoms with Crippen molar-refractivity contribution in [2.45, 2.75) is 57.0 Å². The number of hydrogen-bond acceptors (Lipinski definition) is 2. The normalized spacial score (nSPS) is 20.7. The zero-order chi connectivity index (χ0) is 16.8. The maximum absolute atomic E-state index is 9.64. The van der Waals surface area contributed by atoms with Gasteiger partial charge in [0.15, 0.2) is 0 Å². The van der Waals surface area contributed by atoms with Gasteiger partial charge in [0.25, 0.3) is 0 Å². The molecular weight excluding hydrogens is 294 g/mol. The van der Waals surface area contributed by atoms with Gasteiger partial charge in [0, 0.05) is 11.8 Å². The molecule has 126 valence electrons. The number of rotatable bonds is 6. The van der Waals surface area contributed by atoms with Crippen molar-refractivity contribution in [1.82, 2.24) is 4.98 Å². The van der Waals surface area contributed by atoms with Gasteiger partial charge in [0.2, 0.25) is 0 Å². The Morgan fingerprint density at radius 3 is 2.42 bits per heavy atom. The molecule has 0 atom stereocenters. The minimum absolute atomic E-state index is 0.0882. The van der Waals surface area contributed by atoms with Crippen LogP contribution in [0.15, 0.2) is 55.3 Å². The van der Waals surface area contributed by atoms with Crippen molar-refractivity contribution < 1.29 is 5.11 Å². The molecule has 1 N–H and O–H groups in total. The Morgan fingerprint density at radius 2 is 1.79 bits per heavy atom. The number of aliphatic hydroxyl groups is 1. The summed E-state index contributed by atoms with van der Waals surface area (Å²) in [6.45, 7) is 3.76. The summed E-state index contributed by atoms with van der Waals surface area (Å²) in [5.41, 5.74) is 4.89. The van der Waals surface area contributed by atoms with Crippen LogP contribution in [0.5, 0.6) is 0 Å². The minimum atomic E-state index is -0.0882. The molecule has 0 radical (unpaired) electrons. The molecule has 1 aromatic heterocycles. The highest BCUT2D eigenvalue weighted by molar-refractivity contribution is 5.59.